The number of rotatable bonds is 4. The van der Waals surface area contributed by atoms with E-state index in [0.717, 1.165) is 11.1 Å². The van der Waals surface area contributed by atoms with E-state index in [2.05, 4.69) is 9.97 Å². The lowest BCUT2D eigenvalue weighted by molar-refractivity contribution is -0.391. The van der Waals surface area contributed by atoms with Gasteiger partial charge in [-0.15, -0.1) is 11.3 Å². The molecule has 10 heteroatoms. The standard InChI is InChI=1S/C9H10N4O4S2/c1-5-3-11-9(18-5)7(19(16)17)8-10-4-6(12(8)2)13(14)15/h3-4,7H,1-2H3,(H,16,17). The van der Waals surface area contributed by atoms with E-state index in [4.69, 9.17) is 0 Å². The molecule has 102 valence electrons. The molecule has 0 radical (unpaired) electrons. The Morgan fingerprint density at radius 1 is 1.53 bits per heavy atom. The first kappa shape index (κ1) is 13.8. The number of imidazole rings is 1. The SMILES string of the molecule is Cc1cnc(C(c2ncc([N+](=O)[O-])n2C)S(=O)O)s1. The Bertz CT molecular complexity index is 650. The molecule has 2 aromatic heterocycles. The van der Waals surface area contributed by atoms with Gasteiger partial charge in [0.05, 0.1) is 7.05 Å². The van der Waals surface area contributed by atoms with Gasteiger partial charge < -0.3 is 14.7 Å². The van der Waals surface area contributed by atoms with E-state index in [9.17, 15) is 18.9 Å². The molecule has 19 heavy (non-hydrogen) atoms. The van der Waals surface area contributed by atoms with Gasteiger partial charge in [-0.25, -0.2) is 18.7 Å². The minimum Gasteiger partial charge on any atom is -0.358 e. The zero-order valence-electron chi connectivity index (χ0n) is 10.0. The lowest BCUT2D eigenvalue weighted by Gasteiger charge is -2.06. The third-order valence-electron chi connectivity index (χ3n) is 2.49. The van der Waals surface area contributed by atoms with E-state index < -0.39 is 21.3 Å². The molecule has 0 fully saturated rings. The second-order valence-corrected chi connectivity index (χ2v) is 6.05. The van der Waals surface area contributed by atoms with Crippen LogP contribution in [0.25, 0.3) is 0 Å². The number of aromatic nitrogens is 3. The highest BCUT2D eigenvalue weighted by atomic mass is 32.2. The van der Waals surface area contributed by atoms with Gasteiger partial charge in [-0.3, -0.25) is 0 Å². The summed E-state index contributed by atoms with van der Waals surface area (Å²) in [6.07, 6.45) is 2.65. The topological polar surface area (TPSA) is 111 Å². The summed E-state index contributed by atoms with van der Waals surface area (Å²) in [7, 11) is 1.43. The molecule has 0 amide bonds. The third kappa shape index (κ3) is 2.55. The summed E-state index contributed by atoms with van der Waals surface area (Å²) in [6.45, 7) is 1.82. The zero-order chi connectivity index (χ0) is 14.2. The average Bonchev–Trinajstić information content (AvgIpc) is 2.87. The molecular formula is C9H10N4O4S2. The molecule has 2 unspecified atom stereocenters. The van der Waals surface area contributed by atoms with Crippen LogP contribution in [0.1, 0.15) is 21.0 Å². The van der Waals surface area contributed by atoms with E-state index in [1.54, 1.807) is 6.20 Å². The Labute approximate surface area is 114 Å². The smallest absolute Gasteiger partial charge is 0.342 e. The number of hydrogen-bond acceptors (Lipinski definition) is 6. The first-order chi connectivity index (χ1) is 8.91. The summed E-state index contributed by atoms with van der Waals surface area (Å²) in [4.78, 5) is 19.0. The Balaban J connectivity index is 2.52. The van der Waals surface area contributed by atoms with Crippen LogP contribution in [-0.4, -0.2) is 28.2 Å². The average molecular weight is 302 g/mol. The quantitative estimate of drug-likeness (QED) is 0.519. The van der Waals surface area contributed by atoms with E-state index in [1.165, 1.54) is 23.0 Å². The lowest BCUT2D eigenvalue weighted by Crippen LogP contribution is -2.13. The fourth-order valence-corrected chi connectivity index (χ4v) is 3.38. The zero-order valence-corrected chi connectivity index (χ0v) is 11.6. The molecule has 0 aliphatic heterocycles. The molecule has 0 aromatic carbocycles. The van der Waals surface area contributed by atoms with Gasteiger partial charge in [-0.2, -0.15) is 0 Å². The molecule has 1 N–H and O–H groups in total. The molecule has 0 aliphatic carbocycles. The normalized spacial score (nSPS) is 14.3. The Kier molecular flexibility index (Phi) is 3.73. The minimum atomic E-state index is -2.26. The van der Waals surface area contributed by atoms with Gasteiger partial charge in [-0.1, -0.05) is 0 Å². The van der Waals surface area contributed by atoms with Crippen LogP contribution < -0.4 is 0 Å². The van der Waals surface area contributed by atoms with Crippen molar-refractivity contribution in [2.45, 2.75) is 12.2 Å². The monoisotopic (exact) mass is 302 g/mol. The molecule has 8 nitrogen and oxygen atoms in total. The van der Waals surface area contributed by atoms with Crippen molar-refractivity contribution in [1.29, 1.82) is 0 Å². The molecule has 0 aliphatic rings. The molecule has 0 saturated heterocycles. The fraction of sp³-hybridized carbons (Fsp3) is 0.333. The molecule has 0 spiro atoms. The Morgan fingerprint density at radius 3 is 2.63 bits per heavy atom. The highest BCUT2D eigenvalue weighted by molar-refractivity contribution is 7.79. The largest absolute Gasteiger partial charge is 0.358 e. The van der Waals surface area contributed by atoms with Crippen molar-refractivity contribution in [3.63, 3.8) is 0 Å². The van der Waals surface area contributed by atoms with E-state index in [0.29, 0.717) is 5.01 Å². The number of aryl methyl sites for hydroxylation is 1. The lowest BCUT2D eigenvalue weighted by atomic mass is 10.4. The Hall–Kier alpha value is -1.65. The maximum Gasteiger partial charge on any atom is 0.342 e. The number of nitrogens with zero attached hydrogens (tertiary/aromatic N) is 4. The molecule has 2 rings (SSSR count). The summed E-state index contributed by atoms with van der Waals surface area (Å²) in [5, 5.41) is 10.2. The first-order valence-corrected chi connectivity index (χ1v) is 7.08. The highest BCUT2D eigenvalue weighted by Gasteiger charge is 2.32. The second kappa shape index (κ2) is 5.15. The van der Waals surface area contributed by atoms with Crippen LogP contribution in [0, 0.1) is 17.0 Å². The van der Waals surface area contributed by atoms with E-state index >= 15 is 0 Å². The van der Waals surface area contributed by atoms with Crippen molar-refractivity contribution in [2.24, 2.45) is 7.05 Å². The number of hydrogen-bond donors (Lipinski definition) is 1. The van der Waals surface area contributed by atoms with Crippen molar-refractivity contribution in [1.82, 2.24) is 14.5 Å². The molecule has 2 aromatic rings. The summed E-state index contributed by atoms with van der Waals surface area (Å²) >= 11 is -1.00. The van der Waals surface area contributed by atoms with Crippen LogP contribution in [0.2, 0.25) is 0 Å². The van der Waals surface area contributed by atoms with Gasteiger partial charge >= 0.3 is 5.82 Å². The van der Waals surface area contributed by atoms with Gasteiger partial charge in [0.25, 0.3) is 0 Å². The van der Waals surface area contributed by atoms with Crippen LogP contribution in [0.4, 0.5) is 5.82 Å². The van der Waals surface area contributed by atoms with Crippen LogP contribution in [-0.2, 0) is 18.1 Å². The predicted octanol–water partition coefficient (Wildman–Crippen LogP) is 1.40. The van der Waals surface area contributed by atoms with Gasteiger partial charge in [-0.05, 0) is 11.8 Å². The minimum absolute atomic E-state index is 0.141. The third-order valence-corrected chi connectivity index (χ3v) is 4.45. The van der Waals surface area contributed by atoms with Crippen molar-refractivity contribution < 1.29 is 13.7 Å². The van der Waals surface area contributed by atoms with Crippen molar-refractivity contribution in [2.75, 3.05) is 0 Å². The summed E-state index contributed by atoms with van der Waals surface area (Å²) in [6, 6.07) is 0. The summed E-state index contributed by atoms with van der Waals surface area (Å²) < 4.78 is 22.1. The van der Waals surface area contributed by atoms with Crippen molar-refractivity contribution in [3.05, 3.63) is 38.2 Å². The molecule has 0 bridgehead atoms. The summed E-state index contributed by atoms with van der Waals surface area (Å²) in [5.41, 5.74) is 0. The molecular weight excluding hydrogens is 292 g/mol. The highest BCUT2D eigenvalue weighted by Crippen LogP contribution is 2.31. The van der Waals surface area contributed by atoms with Crippen molar-refractivity contribution >= 4 is 28.2 Å². The van der Waals surface area contributed by atoms with Crippen molar-refractivity contribution in [3.8, 4) is 0 Å². The van der Waals surface area contributed by atoms with E-state index in [-0.39, 0.29) is 11.6 Å². The maximum atomic E-state index is 11.5. The number of nitro groups is 1. The van der Waals surface area contributed by atoms with Crippen LogP contribution in [0.15, 0.2) is 12.4 Å². The van der Waals surface area contributed by atoms with Crippen LogP contribution in [0.5, 0.6) is 0 Å². The molecule has 2 heterocycles. The van der Waals surface area contributed by atoms with Gasteiger partial charge in [0.2, 0.25) is 5.82 Å². The van der Waals surface area contributed by atoms with Gasteiger partial charge in [0.1, 0.15) is 11.2 Å². The van der Waals surface area contributed by atoms with Gasteiger partial charge in [0.15, 0.2) is 16.3 Å². The predicted molar refractivity (Wildman–Crippen MR) is 69.3 cm³/mol. The van der Waals surface area contributed by atoms with Gasteiger partial charge in [0, 0.05) is 11.1 Å². The Morgan fingerprint density at radius 2 is 2.21 bits per heavy atom. The second-order valence-electron chi connectivity index (χ2n) is 3.76. The maximum absolute atomic E-state index is 11.5. The van der Waals surface area contributed by atoms with Crippen LogP contribution in [0.3, 0.4) is 0 Å². The van der Waals surface area contributed by atoms with Crippen LogP contribution >= 0.6 is 11.3 Å². The number of thiazole rings is 1. The first-order valence-electron chi connectivity index (χ1n) is 5.09. The fourth-order valence-electron chi connectivity index (χ4n) is 1.61. The summed E-state index contributed by atoms with van der Waals surface area (Å²) in [5.74, 6) is -0.0967. The molecule has 0 saturated carbocycles. The molecule has 2 atom stereocenters. The van der Waals surface area contributed by atoms with E-state index in [1.807, 2.05) is 6.92 Å².